The molecule has 0 spiro atoms. The maximum absolute atomic E-state index is 14.5. The average molecular weight is 846 g/mol. The summed E-state index contributed by atoms with van der Waals surface area (Å²) in [4.78, 5) is 29.3. The van der Waals surface area contributed by atoms with Gasteiger partial charge in [-0.15, -0.1) is 5.48 Å². The average Bonchev–Trinajstić information content (AvgIpc) is 3.19. The largest absolute Gasteiger partial charge is 0.486 e. The first kappa shape index (κ1) is 45.1. The van der Waals surface area contributed by atoms with Crippen molar-refractivity contribution in [2.75, 3.05) is 20.6 Å². The lowest BCUT2D eigenvalue weighted by atomic mass is 9.79. The van der Waals surface area contributed by atoms with Crippen LogP contribution in [-0.4, -0.2) is 53.7 Å². The molecule has 0 radical (unpaired) electrons. The van der Waals surface area contributed by atoms with E-state index in [2.05, 4.69) is 5.48 Å². The first-order valence-corrected chi connectivity index (χ1v) is 18.4. The van der Waals surface area contributed by atoms with Crippen LogP contribution in [0.4, 0.5) is 35.1 Å². The molecule has 0 aliphatic rings. The Balaban J connectivity index is 1.64. The highest BCUT2D eigenvalue weighted by Crippen LogP contribution is 2.40. The summed E-state index contributed by atoms with van der Waals surface area (Å²) in [6, 6.07) is 26.1. The van der Waals surface area contributed by atoms with Crippen molar-refractivity contribution >= 4 is 11.9 Å². The van der Waals surface area contributed by atoms with E-state index in [0.29, 0.717) is 16.7 Å². The zero-order valence-electron chi connectivity index (χ0n) is 32.4. The molecule has 16 heteroatoms. The number of carboxylic acid groups (broad SMARTS) is 1. The lowest BCUT2D eigenvalue weighted by Crippen LogP contribution is -2.69. The molecule has 5 aromatic rings. The van der Waals surface area contributed by atoms with Gasteiger partial charge in [-0.25, -0.2) is 18.4 Å². The smallest absolute Gasteiger partial charge is 0.435 e. The Morgan fingerprint density at radius 2 is 1.13 bits per heavy atom. The first-order valence-electron chi connectivity index (χ1n) is 18.4. The molecule has 8 nitrogen and oxygen atoms in total. The molecule has 0 saturated carbocycles. The predicted molar refractivity (Wildman–Crippen MR) is 203 cm³/mol. The number of carbonyl (C=O) groups excluding carboxylic acids is 1. The van der Waals surface area contributed by atoms with Crippen molar-refractivity contribution in [3.05, 3.63) is 167 Å². The number of nitrogens with one attached hydrogen (secondary N) is 1. The molecule has 2 N–H and O–H groups in total. The third kappa shape index (κ3) is 11.8. The SMILES string of the molecule is CC(Cc1ccccc1)(NOC(=O)C(=O)O)C(C(Oc1ccc(C(F)(F)F)cc1)c1ccc(F)cc1)[N+](C)(C)CCC(Oc1ccc(C(F)(F)F)cc1)c1ccc(F)cc1. The van der Waals surface area contributed by atoms with E-state index in [-0.39, 0.29) is 35.4 Å². The van der Waals surface area contributed by atoms with Gasteiger partial charge >= 0.3 is 24.3 Å². The van der Waals surface area contributed by atoms with Crippen molar-refractivity contribution in [1.29, 1.82) is 0 Å². The van der Waals surface area contributed by atoms with Crippen molar-refractivity contribution in [1.82, 2.24) is 5.48 Å². The number of benzene rings is 5. The van der Waals surface area contributed by atoms with Crippen LogP contribution in [0.3, 0.4) is 0 Å². The monoisotopic (exact) mass is 845 g/mol. The van der Waals surface area contributed by atoms with E-state index in [9.17, 15) is 49.8 Å². The van der Waals surface area contributed by atoms with Gasteiger partial charge in [-0.1, -0.05) is 54.6 Å². The number of hydrogen-bond donors (Lipinski definition) is 2. The van der Waals surface area contributed by atoms with Gasteiger partial charge in [-0.3, -0.25) is 0 Å². The van der Waals surface area contributed by atoms with E-state index < -0.39 is 70.8 Å². The lowest BCUT2D eigenvalue weighted by molar-refractivity contribution is -0.924. The molecule has 0 bridgehead atoms. The fourth-order valence-corrected chi connectivity index (χ4v) is 7.18. The predicted octanol–water partition coefficient (Wildman–Crippen LogP) is 9.91. The fraction of sp³-hybridized carbons (Fsp3) is 0.273. The standard InChI is InChI=1S/C44H40F8N2O6/c1-42(53-60-41(57)40(55)56,27-28-7-5-4-6-8-28)39(38(30-11-19-34(46)20-12-30)59-36-23-15-32(16-24-36)44(50,51)52)54(2,3)26-25-37(29-9-17-33(45)18-10-29)58-35-21-13-31(14-22-35)43(47,48)49/h4-24,37-39,53H,25-27H2,1-3H3/p+1. The van der Waals surface area contributed by atoms with Gasteiger partial charge in [-0.2, -0.15) is 26.3 Å². The highest BCUT2D eigenvalue weighted by atomic mass is 19.4. The van der Waals surface area contributed by atoms with E-state index in [4.69, 9.17) is 14.3 Å². The summed E-state index contributed by atoms with van der Waals surface area (Å²) in [6.07, 6.45) is -11.3. The van der Waals surface area contributed by atoms with Gasteiger partial charge in [0.15, 0.2) is 12.1 Å². The fourth-order valence-electron chi connectivity index (χ4n) is 7.18. The van der Waals surface area contributed by atoms with Crippen LogP contribution in [0.25, 0.3) is 0 Å². The number of carboxylic acids is 1. The third-order valence-corrected chi connectivity index (χ3v) is 9.97. The van der Waals surface area contributed by atoms with Crippen molar-refractivity contribution in [3.63, 3.8) is 0 Å². The molecule has 318 valence electrons. The Bertz CT molecular complexity index is 2180. The molecule has 0 aromatic heterocycles. The van der Waals surface area contributed by atoms with Crippen LogP contribution >= 0.6 is 0 Å². The number of nitrogens with zero attached hydrogens (tertiary/aromatic N) is 1. The van der Waals surface area contributed by atoms with E-state index in [1.54, 1.807) is 51.4 Å². The second-order valence-electron chi connectivity index (χ2n) is 14.9. The molecule has 5 rings (SSSR count). The highest BCUT2D eigenvalue weighted by molar-refractivity contribution is 6.28. The maximum Gasteiger partial charge on any atom is 0.435 e. The Kier molecular flexibility index (Phi) is 13.9. The Morgan fingerprint density at radius 1 is 0.667 bits per heavy atom. The minimum atomic E-state index is -4.66. The van der Waals surface area contributed by atoms with Gasteiger partial charge in [0.25, 0.3) is 0 Å². The minimum absolute atomic E-state index is 0.0184. The maximum atomic E-state index is 14.5. The van der Waals surface area contributed by atoms with Crippen LogP contribution in [-0.2, 0) is 33.2 Å². The summed E-state index contributed by atoms with van der Waals surface area (Å²) in [6.45, 7) is 1.73. The number of rotatable bonds is 16. The zero-order chi connectivity index (χ0) is 43.9. The van der Waals surface area contributed by atoms with E-state index in [1.807, 2.05) is 0 Å². The number of halogens is 8. The normalized spacial score (nSPS) is 14.7. The van der Waals surface area contributed by atoms with Crippen molar-refractivity contribution in [3.8, 4) is 11.5 Å². The van der Waals surface area contributed by atoms with Crippen LogP contribution in [0, 0.1) is 11.6 Å². The second-order valence-corrected chi connectivity index (χ2v) is 14.9. The van der Waals surface area contributed by atoms with Gasteiger partial charge in [0.05, 0.1) is 31.8 Å². The molecule has 0 amide bonds. The van der Waals surface area contributed by atoms with E-state index in [0.717, 1.165) is 60.7 Å². The number of alkyl halides is 6. The lowest BCUT2D eigenvalue weighted by Gasteiger charge is -2.50. The summed E-state index contributed by atoms with van der Waals surface area (Å²) in [7, 11) is 3.50. The van der Waals surface area contributed by atoms with Crippen LogP contribution in [0.5, 0.6) is 11.5 Å². The van der Waals surface area contributed by atoms with Gasteiger partial charge in [-0.05, 0) is 103 Å². The summed E-state index contributed by atoms with van der Waals surface area (Å²) in [5, 5.41) is 9.45. The molecule has 0 aliphatic carbocycles. The van der Waals surface area contributed by atoms with Crippen LogP contribution < -0.4 is 15.0 Å². The number of quaternary nitrogens is 1. The molecule has 5 aromatic carbocycles. The number of carbonyl (C=O) groups is 2. The molecule has 0 heterocycles. The van der Waals surface area contributed by atoms with Gasteiger partial charge in [0.1, 0.15) is 34.8 Å². The van der Waals surface area contributed by atoms with Gasteiger partial charge in [0, 0.05) is 6.42 Å². The number of likely N-dealkylation sites (N-methyl/N-ethyl adjacent to an activating group) is 1. The van der Waals surface area contributed by atoms with E-state index >= 15 is 0 Å². The Labute approximate surface area is 340 Å². The minimum Gasteiger partial charge on any atom is -0.486 e. The second kappa shape index (κ2) is 18.5. The molecule has 0 aliphatic heterocycles. The molecule has 4 unspecified atom stereocenters. The van der Waals surface area contributed by atoms with Crippen LogP contribution in [0.15, 0.2) is 127 Å². The third-order valence-electron chi connectivity index (χ3n) is 9.97. The molecule has 0 saturated heterocycles. The van der Waals surface area contributed by atoms with Crippen molar-refractivity contribution in [2.45, 2.75) is 55.9 Å². The number of hydroxylamine groups is 1. The number of aliphatic carboxylic acids is 1. The summed E-state index contributed by atoms with van der Waals surface area (Å²) >= 11 is 0. The van der Waals surface area contributed by atoms with Crippen molar-refractivity contribution < 1.29 is 68.6 Å². The van der Waals surface area contributed by atoms with Crippen LogP contribution in [0.2, 0.25) is 0 Å². The van der Waals surface area contributed by atoms with Crippen LogP contribution in [0.1, 0.15) is 53.4 Å². The number of hydrogen-bond acceptors (Lipinski definition) is 6. The first-order chi connectivity index (χ1) is 28.1. The summed E-state index contributed by atoms with van der Waals surface area (Å²) in [5.41, 5.74) is 0.765. The number of ether oxygens (including phenoxy) is 2. The van der Waals surface area contributed by atoms with Gasteiger partial charge < -0.3 is 23.9 Å². The summed E-state index contributed by atoms with van der Waals surface area (Å²) in [5.74, 6) is -4.67. The molecule has 60 heavy (non-hydrogen) atoms. The topological polar surface area (TPSA) is 94.1 Å². The van der Waals surface area contributed by atoms with Gasteiger partial charge in [0.2, 0.25) is 0 Å². The molecule has 0 fully saturated rings. The molecule has 4 atom stereocenters. The zero-order valence-corrected chi connectivity index (χ0v) is 32.4. The Hall–Kier alpha value is -6.00. The Morgan fingerprint density at radius 3 is 1.60 bits per heavy atom. The summed E-state index contributed by atoms with van der Waals surface area (Å²) < 4.78 is 122. The quantitative estimate of drug-likeness (QED) is 0.0442. The highest BCUT2D eigenvalue weighted by Gasteiger charge is 2.53. The molecular formula is C44H41F8N2O6+. The molecular weight excluding hydrogens is 804 g/mol. The van der Waals surface area contributed by atoms with Crippen molar-refractivity contribution in [2.24, 2.45) is 0 Å². The van der Waals surface area contributed by atoms with E-state index in [1.165, 1.54) is 36.4 Å².